The van der Waals surface area contributed by atoms with E-state index in [0.29, 0.717) is 0 Å². The van der Waals surface area contributed by atoms with Crippen molar-refractivity contribution < 1.29 is 22.7 Å². The standard InChI is InChI=1S/C18H16F3NO2/c19-18(20,21)24-14-8-4-7-13(11-14)22-17(23)16-10-3-6-12-5-1-2-9-15(12)16/h1-2,4-5,7-9,11,16H,3,6,10H2,(H,22,23)/t16-/m1/s1. The van der Waals surface area contributed by atoms with Gasteiger partial charge in [0, 0.05) is 11.8 Å². The Bertz CT molecular complexity index is 743. The first-order valence-electron chi connectivity index (χ1n) is 7.67. The van der Waals surface area contributed by atoms with Gasteiger partial charge in [-0.25, -0.2) is 0 Å². The smallest absolute Gasteiger partial charge is 0.406 e. The second-order valence-electron chi connectivity index (χ2n) is 5.71. The van der Waals surface area contributed by atoms with Crippen molar-refractivity contribution in [2.45, 2.75) is 31.5 Å². The van der Waals surface area contributed by atoms with Crippen LogP contribution in [0.15, 0.2) is 48.5 Å². The minimum atomic E-state index is -4.76. The molecular weight excluding hydrogens is 319 g/mol. The summed E-state index contributed by atoms with van der Waals surface area (Å²) in [7, 11) is 0. The first kappa shape index (κ1) is 16.4. The average Bonchev–Trinajstić information content (AvgIpc) is 2.53. The van der Waals surface area contributed by atoms with Crippen LogP contribution in [0.3, 0.4) is 0 Å². The lowest BCUT2D eigenvalue weighted by Crippen LogP contribution is -2.24. The van der Waals surface area contributed by atoms with Crippen molar-refractivity contribution in [3.63, 3.8) is 0 Å². The third-order valence-electron chi connectivity index (χ3n) is 4.02. The number of anilines is 1. The minimum absolute atomic E-state index is 0.216. The van der Waals surface area contributed by atoms with Gasteiger partial charge in [0.1, 0.15) is 5.75 Å². The quantitative estimate of drug-likeness (QED) is 0.887. The van der Waals surface area contributed by atoms with Crippen LogP contribution in [0.4, 0.5) is 18.9 Å². The summed E-state index contributed by atoms with van der Waals surface area (Å²) >= 11 is 0. The lowest BCUT2D eigenvalue weighted by Gasteiger charge is -2.24. The molecule has 0 heterocycles. The summed E-state index contributed by atoms with van der Waals surface area (Å²) in [6.45, 7) is 0. The summed E-state index contributed by atoms with van der Waals surface area (Å²) in [5.41, 5.74) is 2.42. The van der Waals surface area contributed by atoms with E-state index in [-0.39, 0.29) is 23.3 Å². The van der Waals surface area contributed by atoms with Crippen molar-refractivity contribution in [2.75, 3.05) is 5.32 Å². The molecule has 0 bridgehead atoms. The number of ether oxygens (including phenoxy) is 1. The van der Waals surface area contributed by atoms with Gasteiger partial charge in [-0.1, -0.05) is 30.3 Å². The maximum atomic E-state index is 12.6. The molecule has 2 aromatic carbocycles. The number of fused-ring (bicyclic) bond motifs is 1. The first-order valence-corrected chi connectivity index (χ1v) is 7.67. The Morgan fingerprint density at radius 1 is 1.12 bits per heavy atom. The highest BCUT2D eigenvalue weighted by molar-refractivity contribution is 5.96. The van der Waals surface area contributed by atoms with Gasteiger partial charge < -0.3 is 10.1 Å². The normalized spacial score (nSPS) is 17.0. The lowest BCUT2D eigenvalue weighted by atomic mass is 9.82. The molecule has 0 fully saturated rings. The molecule has 24 heavy (non-hydrogen) atoms. The molecule has 6 heteroatoms. The topological polar surface area (TPSA) is 38.3 Å². The highest BCUT2D eigenvalue weighted by Gasteiger charge is 2.31. The zero-order valence-electron chi connectivity index (χ0n) is 12.8. The molecular formula is C18H16F3NO2. The van der Waals surface area contributed by atoms with Crippen LogP contribution in [-0.4, -0.2) is 12.3 Å². The maximum absolute atomic E-state index is 12.6. The van der Waals surface area contributed by atoms with E-state index >= 15 is 0 Å². The molecule has 0 saturated carbocycles. The summed E-state index contributed by atoms with van der Waals surface area (Å²) in [6.07, 6.45) is -2.19. The van der Waals surface area contributed by atoms with Crippen molar-refractivity contribution in [3.05, 3.63) is 59.7 Å². The summed E-state index contributed by atoms with van der Waals surface area (Å²) in [4.78, 5) is 12.6. The monoisotopic (exact) mass is 335 g/mol. The summed E-state index contributed by atoms with van der Waals surface area (Å²) in [5, 5.41) is 2.69. The molecule has 1 atom stereocenters. The van der Waals surface area contributed by atoms with Crippen molar-refractivity contribution in [2.24, 2.45) is 0 Å². The SMILES string of the molecule is O=C(Nc1cccc(OC(F)(F)F)c1)[C@@H]1CCCc2ccccc21. The van der Waals surface area contributed by atoms with E-state index in [0.717, 1.165) is 30.4 Å². The van der Waals surface area contributed by atoms with E-state index in [1.54, 1.807) is 0 Å². The highest BCUT2D eigenvalue weighted by atomic mass is 19.4. The number of amides is 1. The van der Waals surface area contributed by atoms with E-state index in [2.05, 4.69) is 10.1 Å². The largest absolute Gasteiger partial charge is 0.573 e. The van der Waals surface area contributed by atoms with Gasteiger partial charge in [-0.2, -0.15) is 0 Å². The van der Waals surface area contributed by atoms with Crippen molar-refractivity contribution in [1.82, 2.24) is 0 Å². The Morgan fingerprint density at radius 3 is 2.71 bits per heavy atom. The molecule has 1 aliphatic rings. The van der Waals surface area contributed by atoms with Crippen LogP contribution in [-0.2, 0) is 11.2 Å². The van der Waals surface area contributed by atoms with Crippen LogP contribution >= 0.6 is 0 Å². The van der Waals surface area contributed by atoms with Gasteiger partial charge in [0.15, 0.2) is 0 Å². The number of hydrogen-bond acceptors (Lipinski definition) is 2. The molecule has 126 valence electrons. The lowest BCUT2D eigenvalue weighted by molar-refractivity contribution is -0.274. The summed E-state index contributed by atoms with van der Waals surface area (Å²) in [6, 6.07) is 13.1. The van der Waals surface area contributed by atoms with Crippen molar-refractivity contribution >= 4 is 11.6 Å². The van der Waals surface area contributed by atoms with Gasteiger partial charge in [0.25, 0.3) is 0 Å². The van der Waals surface area contributed by atoms with E-state index in [9.17, 15) is 18.0 Å². The van der Waals surface area contributed by atoms with E-state index in [1.807, 2.05) is 24.3 Å². The minimum Gasteiger partial charge on any atom is -0.406 e. The number of aryl methyl sites for hydroxylation is 1. The van der Waals surface area contributed by atoms with Crippen LogP contribution in [0.5, 0.6) is 5.75 Å². The predicted octanol–water partition coefficient (Wildman–Crippen LogP) is 4.64. The predicted molar refractivity (Wildman–Crippen MR) is 83.9 cm³/mol. The fourth-order valence-electron chi connectivity index (χ4n) is 3.03. The van der Waals surface area contributed by atoms with Gasteiger partial charge in [-0.05, 0) is 42.5 Å². The third kappa shape index (κ3) is 3.88. The number of hydrogen-bond donors (Lipinski definition) is 1. The van der Waals surface area contributed by atoms with Crippen LogP contribution in [0.1, 0.15) is 29.9 Å². The van der Waals surface area contributed by atoms with E-state index in [1.165, 1.54) is 24.3 Å². The zero-order valence-corrected chi connectivity index (χ0v) is 12.8. The van der Waals surface area contributed by atoms with E-state index in [4.69, 9.17) is 0 Å². The Kier molecular flexibility index (Phi) is 4.46. The first-order chi connectivity index (χ1) is 11.4. The maximum Gasteiger partial charge on any atom is 0.573 e. The number of carbonyl (C=O) groups is 1. The molecule has 1 amide bonds. The number of carbonyl (C=O) groups excluding carboxylic acids is 1. The van der Waals surface area contributed by atoms with Gasteiger partial charge in [-0.3, -0.25) is 4.79 Å². The van der Waals surface area contributed by atoms with Crippen molar-refractivity contribution in [1.29, 1.82) is 0 Å². The Morgan fingerprint density at radius 2 is 1.92 bits per heavy atom. The molecule has 1 aliphatic carbocycles. The fourth-order valence-corrected chi connectivity index (χ4v) is 3.03. The number of halogens is 3. The molecule has 0 aliphatic heterocycles. The molecule has 1 N–H and O–H groups in total. The molecule has 2 aromatic rings. The zero-order chi connectivity index (χ0) is 17.2. The Hall–Kier alpha value is -2.50. The molecule has 0 aromatic heterocycles. The van der Waals surface area contributed by atoms with Crippen LogP contribution < -0.4 is 10.1 Å². The second-order valence-corrected chi connectivity index (χ2v) is 5.71. The number of rotatable bonds is 3. The van der Waals surface area contributed by atoms with Gasteiger partial charge in [-0.15, -0.1) is 13.2 Å². The molecule has 0 radical (unpaired) electrons. The van der Waals surface area contributed by atoms with E-state index < -0.39 is 6.36 Å². The van der Waals surface area contributed by atoms with Crippen LogP contribution in [0, 0.1) is 0 Å². The summed E-state index contributed by atoms with van der Waals surface area (Å²) < 4.78 is 40.7. The van der Waals surface area contributed by atoms with Gasteiger partial charge in [0.05, 0.1) is 5.92 Å². The molecule has 3 rings (SSSR count). The van der Waals surface area contributed by atoms with Crippen LogP contribution in [0.25, 0.3) is 0 Å². The molecule has 0 unspecified atom stereocenters. The fraction of sp³-hybridized carbons (Fsp3) is 0.278. The average molecular weight is 335 g/mol. The third-order valence-corrected chi connectivity index (χ3v) is 4.02. The van der Waals surface area contributed by atoms with Crippen LogP contribution in [0.2, 0.25) is 0 Å². The second kappa shape index (κ2) is 6.55. The molecule has 0 spiro atoms. The number of nitrogens with one attached hydrogen (secondary N) is 1. The number of alkyl halides is 3. The van der Waals surface area contributed by atoms with Crippen molar-refractivity contribution in [3.8, 4) is 5.75 Å². The number of benzene rings is 2. The molecule has 3 nitrogen and oxygen atoms in total. The molecule has 0 saturated heterocycles. The highest BCUT2D eigenvalue weighted by Crippen LogP contribution is 2.33. The Labute approximate surface area is 137 Å². The van der Waals surface area contributed by atoms with Gasteiger partial charge in [0.2, 0.25) is 5.91 Å². The summed E-state index contributed by atoms with van der Waals surface area (Å²) in [5.74, 6) is -0.863. The Balaban J connectivity index is 1.75. The van der Waals surface area contributed by atoms with Gasteiger partial charge >= 0.3 is 6.36 Å².